The number of nitrogens with zero attached hydrogens (tertiary/aromatic N) is 4. The molecule has 8 heteroatoms. The number of H-pyrrole nitrogens is 1. The SMILES string of the molecule is Cc1cc(C)cc(N(CCC#N)C(=O)CSc2n[nH]c(=O)n2CCc2ccccc2)c1. The van der Waals surface area contributed by atoms with Gasteiger partial charge in [0, 0.05) is 18.8 Å². The Bertz CT molecular complexity index is 1110. The molecule has 0 aliphatic carbocycles. The molecule has 0 bridgehead atoms. The predicted octanol–water partition coefficient (Wildman–Crippen LogP) is 3.47. The molecule has 31 heavy (non-hydrogen) atoms. The minimum atomic E-state index is -0.290. The van der Waals surface area contributed by atoms with Gasteiger partial charge in [-0.3, -0.25) is 9.36 Å². The fraction of sp³-hybridized carbons (Fsp3) is 0.304. The number of aryl methyl sites for hydroxylation is 3. The first-order valence-corrected chi connectivity index (χ1v) is 11.0. The van der Waals surface area contributed by atoms with Crippen molar-refractivity contribution >= 4 is 23.4 Å². The van der Waals surface area contributed by atoms with Crippen molar-refractivity contribution < 1.29 is 4.79 Å². The molecule has 0 radical (unpaired) electrons. The van der Waals surface area contributed by atoms with Crippen molar-refractivity contribution in [1.29, 1.82) is 5.26 Å². The summed E-state index contributed by atoms with van der Waals surface area (Å²) >= 11 is 1.22. The zero-order chi connectivity index (χ0) is 22.2. The minimum absolute atomic E-state index is 0.119. The molecule has 7 nitrogen and oxygen atoms in total. The smallest absolute Gasteiger partial charge is 0.311 e. The van der Waals surface area contributed by atoms with E-state index in [1.807, 2.05) is 62.4 Å². The number of benzene rings is 2. The lowest BCUT2D eigenvalue weighted by atomic mass is 10.1. The van der Waals surface area contributed by atoms with Crippen LogP contribution in [0.5, 0.6) is 0 Å². The van der Waals surface area contributed by atoms with Gasteiger partial charge in [0.2, 0.25) is 5.91 Å². The van der Waals surface area contributed by atoms with Gasteiger partial charge < -0.3 is 4.90 Å². The molecule has 0 fully saturated rings. The third-order valence-corrected chi connectivity index (χ3v) is 5.74. The van der Waals surface area contributed by atoms with Gasteiger partial charge >= 0.3 is 5.69 Å². The average Bonchev–Trinajstić information content (AvgIpc) is 3.10. The second-order valence-electron chi connectivity index (χ2n) is 7.29. The molecule has 0 aliphatic heterocycles. The molecule has 1 aromatic heterocycles. The van der Waals surface area contributed by atoms with Gasteiger partial charge in [-0.15, -0.1) is 5.10 Å². The van der Waals surface area contributed by atoms with Crippen LogP contribution in [0.25, 0.3) is 0 Å². The van der Waals surface area contributed by atoms with Gasteiger partial charge in [-0.25, -0.2) is 9.89 Å². The Hall–Kier alpha value is -3.31. The van der Waals surface area contributed by atoms with E-state index in [1.165, 1.54) is 11.8 Å². The number of aromatic nitrogens is 3. The Morgan fingerprint density at radius 2 is 1.90 bits per heavy atom. The number of thioether (sulfide) groups is 1. The molecule has 0 spiro atoms. The monoisotopic (exact) mass is 435 g/mol. The van der Waals surface area contributed by atoms with Gasteiger partial charge in [0.1, 0.15) is 0 Å². The second kappa shape index (κ2) is 10.6. The van der Waals surface area contributed by atoms with Crippen LogP contribution in [0.2, 0.25) is 0 Å². The Balaban J connectivity index is 1.71. The van der Waals surface area contributed by atoms with Gasteiger partial charge in [-0.1, -0.05) is 48.2 Å². The van der Waals surface area contributed by atoms with Crippen LogP contribution in [-0.4, -0.2) is 33.0 Å². The quantitative estimate of drug-likeness (QED) is 0.519. The Kier molecular flexibility index (Phi) is 7.68. The number of carbonyl (C=O) groups excluding carboxylic acids is 1. The molecule has 0 atom stereocenters. The second-order valence-corrected chi connectivity index (χ2v) is 8.23. The Morgan fingerprint density at radius 3 is 2.58 bits per heavy atom. The zero-order valence-corrected chi connectivity index (χ0v) is 18.5. The maximum absolute atomic E-state index is 13.0. The molecule has 1 N–H and O–H groups in total. The van der Waals surface area contributed by atoms with Gasteiger partial charge in [0.05, 0.1) is 18.2 Å². The zero-order valence-electron chi connectivity index (χ0n) is 17.7. The molecule has 1 amide bonds. The molecule has 0 saturated heterocycles. The van der Waals surface area contributed by atoms with Crippen LogP contribution in [0.15, 0.2) is 58.5 Å². The standard InChI is InChI=1S/C23H25N5O2S/c1-17-13-18(2)15-20(14-17)27(11-6-10-24)21(29)16-31-23-26-25-22(30)28(23)12-9-19-7-4-3-5-8-19/h3-5,7-8,13-15H,6,9,11-12,16H2,1-2H3,(H,25,30). The van der Waals surface area contributed by atoms with Crippen LogP contribution < -0.4 is 10.6 Å². The van der Waals surface area contributed by atoms with E-state index in [-0.39, 0.29) is 23.8 Å². The van der Waals surface area contributed by atoms with E-state index >= 15 is 0 Å². The van der Waals surface area contributed by atoms with Crippen molar-refractivity contribution in [1.82, 2.24) is 14.8 Å². The summed E-state index contributed by atoms with van der Waals surface area (Å²) in [6.07, 6.45) is 0.937. The van der Waals surface area contributed by atoms with E-state index in [0.29, 0.717) is 24.7 Å². The lowest BCUT2D eigenvalue weighted by Crippen LogP contribution is -2.33. The van der Waals surface area contributed by atoms with E-state index < -0.39 is 0 Å². The van der Waals surface area contributed by atoms with Crippen LogP contribution in [0.4, 0.5) is 5.69 Å². The van der Waals surface area contributed by atoms with E-state index in [0.717, 1.165) is 22.4 Å². The molecule has 0 saturated carbocycles. The molecule has 160 valence electrons. The number of hydrogen-bond acceptors (Lipinski definition) is 5. The maximum atomic E-state index is 13.0. The lowest BCUT2D eigenvalue weighted by Gasteiger charge is -2.22. The highest BCUT2D eigenvalue weighted by molar-refractivity contribution is 7.99. The highest BCUT2D eigenvalue weighted by atomic mass is 32.2. The van der Waals surface area contributed by atoms with Crippen molar-refractivity contribution in [3.05, 3.63) is 75.7 Å². The van der Waals surface area contributed by atoms with Crippen molar-refractivity contribution in [2.75, 3.05) is 17.2 Å². The number of nitrogens with one attached hydrogen (secondary N) is 1. The number of aromatic amines is 1. The van der Waals surface area contributed by atoms with Gasteiger partial charge in [0.25, 0.3) is 0 Å². The fourth-order valence-electron chi connectivity index (χ4n) is 3.37. The van der Waals surface area contributed by atoms with Crippen LogP contribution in [0.3, 0.4) is 0 Å². The maximum Gasteiger partial charge on any atom is 0.343 e. The highest BCUT2D eigenvalue weighted by Gasteiger charge is 2.18. The summed E-state index contributed by atoms with van der Waals surface area (Å²) in [7, 11) is 0. The summed E-state index contributed by atoms with van der Waals surface area (Å²) in [5.41, 5.74) is 3.72. The average molecular weight is 436 g/mol. The molecule has 2 aromatic carbocycles. The largest absolute Gasteiger partial charge is 0.343 e. The van der Waals surface area contributed by atoms with E-state index in [2.05, 4.69) is 16.3 Å². The third kappa shape index (κ3) is 6.09. The van der Waals surface area contributed by atoms with Gasteiger partial charge in [0.15, 0.2) is 5.16 Å². The summed E-state index contributed by atoms with van der Waals surface area (Å²) in [5, 5.41) is 16.1. The molecule has 3 aromatic rings. The van der Waals surface area contributed by atoms with E-state index in [9.17, 15) is 9.59 Å². The number of rotatable bonds is 9. The first-order chi connectivity index (χ1) is 15.0. The predicted molar refractivity (Wildman–Crippen MR) is 122 cm³/mol. The number of anilines is 1. The van der Waals surface area contributed by atoms with Crippen molar-refractivity contribution in [3.8, 4) is 6.07 Å². The molecular weight excluding hydrogens is 410 g/mol. The topological polar surface area (TPSA) is 94.8 Å². The van der Waals surface area contributed by atoms with Gasteiger partial charge in [-0.05, 0) is 49.1 Å². The van der Waals surface area contributed by atoms with Crippen LogP contribution in [0.1, 0.15) is 23.1 Å². The minimum Gasteiger partial charge on any atom is -0.311 e. The summed E-state index contributed by atoms with van der Waals surface area (Å²) in [6.45, 7) is 4.76. The van der Waals surface area contributed by atoms with E-state index in [4.69, 9.17) is 5.26 Å². The number of carbonyl (C=O) groups is 1. The molecule has 0 aliphatic rings. The molecular formula is C23H25N5O2S. The normalized spacial score (nSPS) is 10.6. The lowest BCUT2D eigenvalue weighted by molar-refractivity contribution is -0.116. The molecule has 3 rings (SSSR count). The van der Waals surface area contributed by atoms with Crippen molar-refractivity contribution in [2.24, 2.45) is 0 Å². The van der Waals surface area contributed by atoms with Gasteiger partial charge in [-0.2, -0.15) is 5.26 Å². The van der Waals surface area contributed by atoms with Crippen LogP contribution in [0, 0.1) is 25.2 Å². The van der Waals surface area contributed by atoms with Crippen LogP contribution >= 0.6 is 11.8 Å². The number of nitriles is 1. The first-order valence-electron chi connectivity index (χ1n) is 10.1. The van der Waals surface area contributed by atoms with Crippen molar-refractivity contribution in [3.63, 3.8) is 0 Å². The van der Waals surface area contributed by atoms with Crippen LogP contribution in [-0.2, 0) is 17.8 Å². The summed E-state index contributed by atoms with van der Waals surface area (Å²) in [6, 6.07) is 17.9. The Labute approximate surface area is 185 Å². The first kappa shape index (κ1) is 22.4. The highest BCUT2D eigenvalue weighted by Crippen LogP contribution is 2.22. The summed E-state index contributed by atoms with van der Waals surface area (Å²) in [4.78, 5) is 26.8. The number of amides is 1. The Morgan fingerprint density at radius 1 is 1.19 bits per heavy atom. The summed E-state index contributed by atoms with van der Waals surface area (Å²) < 4.78 is 1.56. The van der Waals surface area contributed by atoms with E-state index in [1.54, 1.807) is 9.47 Å². The molecule has 1 heterocycles. The number of hydrogen-bond donors (Lipinski definition) is 1. The summed E-state index contributed by atoms with van der Waals surface area (Å²) in [5.74, 6) is -0.0102. The molecule has 0 unspecified atom stereocenters. The third-order valence-electron chi connectivity index (χ3n) is 4.78. The fourth-order valence-corrected chi connectivity index (χ4v) is 4.22. The van der Waals surface area contributed by atoms with Crippen molar-refractivity contribution in [2.45, 2.75) is 38.4 Å².